The predicted molar refractivity (Wildman–Crippen MR) is 49.1 cm³/mol. The largest absolute Gasteiger partial charge is 0.269 e. The molecule has 0 aliphatic heterocycles. The molecular weight excluding hydrogens is 209 g/mol. The van der Waals surface area contributed by atoms with Crippen LogP contribution in [0, 0.1) is 0 Å². The highest BCUT2D eigenvalue weighted by atomic mass is 35.5. The Bertz CT molecular complexity index is 38.2. The number of halogens is 5. The minimum Gasteiger partial charge on any atom is -0.269 e. The third-order valence-electron chi connectivity index (χ3n) is 0.190. The molecule has 0 atom stereocenters. The zero-order valence-electron chi connectivity index (χ0n) is 3.07. The van der Waals surface area contributed by atoms with Gasteiger partial charge < -0.3 is 0 Å². The highest BCUT2D eigenvalue weighted by Gasteiger charge is 2.06. The quantitative estimate of drug-likeness (QED) is 0.583. The predicted octanol–water partition coefficient (Wildman–Crippen LogP) is 4.26. The molecule has 0 nitrogen and oxygen atoms in total. The first-order chi connectivity index (χ1) is 2.64. The molecule has 0 radical (unpaired) electrons. The van der Waals surface area contributed by atoms with Gasteiger partial charge in [-0.1, -0.05) is 14.9 Å². The molecule has 0 unspecified atom stereocenters. The maximum atomic E-state index is 5.11. The molecule has 0 saturated carbocycles. The summed E-state index contributed by atoms with van der Waals surface area (Å²) < 4.78 is 0. The fraction of sp³-hybridized carbons (Fsp3) is 1.00. The van der Waals surface area contributed by atoms with E-state index in [4.69, 9.17) is 46.4 Å². The number of alkyl halides is 4. The molecule has 0 amide bonds. The Morgan fingerprint density at radius 2 is 0.889 bits per heavy atom. The van der Waals surface area contributed by atoms with Crippen LogP contribution in [0.2, 0.25) is 0 Å². The van der Waals surface area contributed by atoms with Crippen molar-refractivity contribution in [3.8, 4) is 0 Å². The molecule has 0 bridgehead atoms. The van der Waals surface area contributed by atoms with Crippen molar-refractivity contribution in [3.05, 3.63) is 0 Å². The van der Waals surface area contributed by atoms with Crippen LogP contribution in [0.15, 0.2) is 0 Å². The molecule has 0 aromatic heterocycles. The first kappa shape index (κ1) is 22.5. The van der Waals surface area contributed by atoms with Gasteiger partial charge in [0.1, 0.15) is 9.67 Å². The second-order valence-corrected chi connectivity index (χ2v) is 3.00. The summed E-state index contributed by atoms with van der Waals surface area (Å²) in [6.45, 7) is 0. The fourth-order valence-electron chi connectivity index (χ4n) is 0. The summed E-state index contributed by atoms with van der Waals surface area (Å²) in [5.41, 5.74) is 0. The van der Waals surface area contributed by atoms with E-state index in [0.29, 0.717) is 0 Å². The van der Waals surface area contributed by atoms with E-state index in [9.17, 15) is 0 Å². The molecule has 64 valence electrons. The van der Waals surface area contributed by atoms with E-state index < -0.39 is 9.67 Å². The topological polar surface area (TPSA) is 0 Å². The Morgan fingerprint density at radius 1 is 0.778 bits per heavy atom. The summed E-state index contributed by atoms with van der Waals surface area (Å²) in [5.74, 6) is 0. The monoisotopic (exact) mass is 222 g/mol. The van der Waals surface area contributed by atoms with Gasteiger partial charge in [0.25, 0.3) is 0 Å². The first-order valence-corrected chi connectivity index (χ1v) is 2.95. The lowest BCUT2D eigenvalue weighted by Gasteiger charge is -1.95. The van der Waals surface area contributed by atoms with Crippen molar-refractivity contribution >= 4 is 46.4 Å². The second kappa shape index (κ2) is 11.8. The van der Waals surface area contributed by atoms with E-state index in [2.05, 4.69) is 0 Å². The molecule has 0 spiro atoms. The van der Waals surface area contributed by atoms with Gasteiger partial charge in [-0.15, -0.1) is 46.4 Å². The number of rotatable bonds is 1. The van der Waals surface area contributed by atoms with Crippen LogP contribution >= 0.6 is 46.4 Å². The maximum Gasteiger partial charge on any atom is 0.137 e. The lowest BCUT2D eigenvalue weighted by Crippen LogP contribution is -1.96. The first-order valence-electron chi connectivity index (χ1n) is 1.21. The van der Waals surface area contributed by atoms with Crippen molar-refractivity contribution in [2.45, 2.75) is 24.5 Å². The maximum absolute atomic E-state index is 5.11. The van der Waals surface area contributed by atoms with Crippen LogP contribution < -0.4 is 0 Å². The molecule has 0 aliphatic rings. The van der Waals surface area contributed by atoms with E-state index in [0.717, 1.165) is 0 Å². The van der Waals surface area contributed by atoms with Crippen LogP contribution in [-0.4, -0.2) is 9.67 Å². The van der Waals surface area contributed by atoms with Crippen molar-refractivity contribution in [1.82, 2.24) is 0 Å². The molecule has 0 heterocycles. The zero-order chi connectivity index (χ0) is 5.15. The number of hydrogen-bond donors (Lipinski definition) is 0. The van der Waals surface area contributed by atoms with E-state index in [1.807, 2.05) is 0 Å². The van der Waals surface area contributed by atoms with Gasteiger partial charge in [0.15, 0.2) is 0 Å². The molecule has 0 aliphatic carbocycles. The number of hydrogen-bond acceptors (Lipinski definition) is 0. The SMILES string of the molecule is C.C.ClC(Cl)C(Cl)Cl.F.[3HH]. The Balaban J connectivity index is -0.0000000208. The Kier molecular flexibility index (Phi) is 29.6. The van der Waals surface area contributed by atoms with Crippen molar-refractivity contribution in [3.63, 3.8) is 0 Å². The van der Waals surface area contributed by atoms with E-state index >= 15 is 0 Å². The van der Waals surface area contributed by atoms with Crippen LogP contribution in [-0.2, 0) is 0 Å². The summed E-state index contributed by atoms with van der Waals surface area (Å²) in [5, 5.41) is 0. The normalized spacial score (nSPS) is 7.33. The third-order valence-corrected chi connectivity index (χ3v) is 1.71. The van der Waals surface area contributed by atoms with Gasteiger partial charge in [-0.3, -0.25) is 4.70 Å². The molecule has 0 aromatic carbocycles. The van der Waals surface area contributed by atoms with Crippen LogP contribution in [0.1, 0.15) is 16.3 Å². The van der Waals surface area contributed by atoms with Crippen molar-refractivity contribution in [2.24, 2.45) is 0 Å². The molecule has 5 heteroatoms. The fourth-order valence-corrected chi connectivity index (χ4v) is 0. The van der Waals surface area contributed by atoms with Crippen LogP contribution in [0.4, 0.5) is 4.70 Å². The van der Waals surface area contributed by atoms with Crippen molar-refractivity contribution in [1.29, 1.82) is 0 Å². The Morgan fingerprint density at radius 3 is 0.889 bits per heavy atom. The molecule has 9 heavy (non-hydrogen) atoms. The van der Waals surface area contributed by atoms with E-state index in [1.165, 1.54) is 0 Å². The minimum atomic E-state index is -0.673. The van der Waals surface area contributed by atoms with Gasteiger partial charge in [0.05, 0.1) is 0 Å². The van der Waals surface area contributed by atoms with E-state index in [-0.39, 0.29) is 21.0 Å². The van der Waals surface area contributed by atoms with Gasteiger partial charge in [-0.05, 0) is 0 Å². The molecular formula is C4H13Cl4F. The summed E-state index contributed by atoms with van der Waals surface area (Å²) in [4.78, 5) is -1.35. The minimum absolute atomic E-state index is 0. The van der Waals surface area contributed by atoms with Crippen molar-refractivity contribution in [2.75, 3.05) is 0 Å². The zero-order valence-corrected chi connectivity index (χ0v) is 6.10. The van der Waals surface area contributed by atoms with Crippen molar-refractivity contribution < 1.29 is 6.13 Å². The smallest absolute Gasteiger partial charge is 0.137 e. The lowest BCUT2D eigenvalue weighted by atomic mass is 10.9. The second-order valence-electron chi connectivity index (χ2n) is 0.669. The Labute approximate surface area is 77.3 Å². The van der Waals surface area contributed by atoms with Gasteiger partial charge in [-0.25, -0.2) is 0 Å². The average Bonchev–Trinajstić information content (AvgIpc) is 1.36. The van der Waals surface area contributed by atoms with Crippen LogP contribution in [0.25, 0.3) is 0 Å². The summed E-state index contributed by atoms with van der Waals surface area (Å²) >= 11 is 20.5. The molecule has 0 fully saturated rings. The summed E-state index contributed by atoms with van der Waals surface area (Å²) in [6, 6.07) is 0. The Hall–Kier alpha value is 1.09. The molecule has 0 aromatic rings. The van der Waals surface area contributed by atoms with Gasteiger partial charge >= 0.3 is 0 Å². The lowest BCUT2D eigenvalue weighted by molar-refractivity contribution is 1.11. The van der Waals surface area contributed by atoms with E-state index in [1.54, 1.807) is 0 Å². The highest BCUT2D eigenvalue weighted by molar-refractivity contribution is 6.56. The molecule has 0 saturated heterocycles. The molecule has 0 rings (SSSR count). The van der Waals surface area contributed by atoms with Gasteiger partial charge in [-0.2, -0.15) is 0 Å². The van der Waals surface area contributed by atoms with Crippen LogP contribution in [0.3, 0.4) is 0 Å². The average molecular weight is 224 g/mol. The van der Waals surface area contributed by atoms with Crippen LogP contribution in [0.5, 0.6) is 0 Å². The summed E-state index contributed by atoms with van der Waals surface area (Å²) in [6.07, 6.45) is 0. The van der Waals surface area contributed by atoms with Gasteiger partial charge in [0.2, 0.25) is 0 Å². The third kappa shape index (κ3) is 17.6. The standard InChI is InChI=1S/C2H2Cl4.2CH4.FH.H2/c3-1(4)2(5)6;;;;/h1-2H;2*1H4;2*1H/i;;;;1+2. The van der Waals surface area contributed by atoms with Gasteiger partial charge in [0, 0.05) is 1.43 Å². The molecule has 0 N–H and O–H groups in total. The highest BCUT2D eigenvalue weighted by Crippen LogP contribution is 2.16. The summed E-state index contributed by atoms with van der Waals surface area (Å²) in [7, 11) is 0.